The van der Waals surface area contributed by atoms with Crippen LogP contribution in [0.5, 0.6) is 0 Å². The summed E-state index contributed by atoms with van der Waals surface area (Å²) in [6, 6.07) is 12.4. The number of carbonyl (C=O) groups is 2. The fourth-order valence-electron chi connectivity index (χ4n) is 2.88. The van der Waals surface area contributed by atoms with Crippen molar-refractivity contribution in [2.24, 2.45) is 0 Å². The van der Waals surface area contributed by atoms with E-state index in [4.69, 9.17) is 23.2 Å². The Morgan fingerprint density at radius 2 is 1.96 bits per heavy atom. The van der Waals surface area contributed by atoms with Gasteiger partial charge in [-0.3, -0.25) is 9.59 Å². The highest BCUT2D eigenvalue weighted by molar-refractivity contribution is 6.33. The molecule has 2 aromatic carbocycles. The van der Waals surface area contributed by atoms with Gasteiger partial charge in [0.05, 0.1) is 17.3 Å². The van der Waals surface area contributed by atoms with Gasteiger partial charge >= 0.3 is 0 Å². The zero-order valence-electron chi connectivity index (χ0n) is 14.7. The van der Waals surface area contributed by atoms with Crippen LogP contribution in [0.2, 0.25) is 10.0 Å². The van der Waals surface area contributed by atoms with Gasteiger partial charge in [0, 0.05) is 11.1 Å². The Balaban J connectivity index is 1.48. The lowest BCUT2D eigenvalue weighted by atomic mass is 10.0. The van der Waals surface area contributed by atoms with Crippen molar-refractivity contribution in [1.82, 2.24) is 16.2 Å². The normalized spacial score (nSPS) is 18.9. The van der Waals surface area contributed by atoms with Crippen LogP contribution in [0, 0.1) is 6.92 Å². The van der Waals surface area contributed by atoms with Gasteiger partial charge in [-0.15, -0.1) is 0 Å². The van der Waals surface area contributed by atoms with Crippen molar-refractivity contribution in [3.8, 4) is 0 Å². The van der Waals surface area contributed by atoms with Gasteiger partial charge in [0.25, 0.3) is 0 Å². The average Bonchev–Trinajstić information content (AvgIpc) is 3.12. The van der Waals surface area contributed by atoms with Gasteiger partial charge in [-0.2, -0.15) is 0 Å². The monoisotopic (exact) mass is 406 g/mol. The molecule has 0 radical (unpaired) electrons. The maximum Gasteiger partial charge on any atom is 0.243 e. The van der Waals surface area contributed by atoms with Gasteiger partial charge in [0.15, 0.2) is 0 Å². The Hall–Kier alpha value is -2.12. The molecule has 1 aliphatic heterocycles. The van der Waals surface area contributed by atoms with Gasteiger partial charge in [-0.25, -0.2) is 10.9 Å². The van der Waals surface area contributed by atoms with E-state index in [1.165, 1.54) is 0 Å². The second-order valence-corrected chi connectivity index (χ2v) is 7.28. The zero-order valence-corrected chi connectivity index (χ0v) is 16.2. The third-order valence-corrected chi connectivity index (χ3v) is 4.84. The van der Waals surface area contributed by atoms with Crippen LogP contribution in [-0.4, -0.2) is 24.4 Å². The highest BCUT2D eigenvalue weighted by Crippen LogP contribution is 2.25. The Kier molecular flexibility index (Phi) is 6.34. The van der Waals surface area contributed by atoms with Gasteiger partial charge < -0.3 is 10.6 Å². The van der Waals surface area contributed by atoms with Crippen LogP contribution in [-0.2, 0) is 9.59 Å². The minimum Gasteiger partial charge on any atom is -0.346 e. The maximum absolute atomic E-state index is 12.3. The molecule has 0 bridgehead atoms. The minimum atomic E-state index is -0.440. The van der Waals surface area contributed by atoms with Crippen LogP contribution < -0.4 is 21.5 Å². The van der Waals surface area contributed by atoms with E-state index < -0.39 is 6.04 Å². The number of hydrogen-bond donors (Lipinski definition) is 4. The smallest absolute Gasteiger partial charge is 0.243 e. The first kappa shape index (κ1) is 19.6. The van der Waals surface area contributed by atoms with E-state index in [1.807, 2.05) is 31.2 Å². The standard InChI is InChI=1S/C19H20Cl2N4O2/c1-11-5-6-15(14(21)7-11)23-18(26)10-22-19(27)17-9-16(24-25-17)12-3-2-4-13(20)8-12/h2-8,16-17,24-25H,9-10H2,1H3,(H,22,27)(H,23,26). The van der Waals surface area contributed by atoms with Crippen LogP contribution in [0.15, 0.2) is 42.5 Å². The van der Waals surface area contributed by atoms with Gasteiger partial charge in [-0.05, 0) is 48.7 Å². The molecule has 2 unspecified atom stereocenters. The van der Waals surface area contributed by atoms with E-state index in [9.17, 15) is 9.59 Å². The summed E-state index contributed by atoms with van der Waals surface area (Å²) in [5, 5.41) is 6.43. The van der Waals surface area contributed by atoms with E-state index >= 15 is 0 Å². The zero-order chi connectivity index (χ0) is 19.4. The van der Waals surface area contributed by atoms with E-state index in [-0.39, 0.29) is 24.4 Å². The molecule has 4 N–H and O–H groups in total. The summed E-state index contributed by atoms with van der Waals surface area (Å²) < 4.78 is 0. The molecule has 1 heterocycles. The molecule has 1 fully saturated rings. The maximum atomic E-state index is 12.3. The molecule has 27 heavy (non-hydrogen) atoms. The van der Waals surface area contributed by atoms with Crippen molar-refractivity contribution >= 4 is 40.7 Å². The van der Waals surface area contributed by atoms with E-state index in [0.717, 1.165) is 11.1 Å². The first-order valence-electron chi connectivity index (χ1n) is 8.52. The van der Waals surface area contributed by atoms with Crippen LogP contribution in [0.1, 0.15) is 23.6 Å². The van der Waals surface area contributed by atoms with Crippen molar-refractivity contribution in [3.63, 3.8) is 0 Å². The Morgan fingerprint density at radius 1 is 1.15 bits per heavy atom. The van der Waals surface area contributed by atoms with Crippen molar-refractivity contribution in [2.45, 2.75) is 25.4 Å². The third-order valence-electron chi connectivity index (χ3n) is 4.29. The van der Waals surface area contributed by atoms with Crippen LogP contribution in [0.25, 0.3) is 0 Å². The molecule has 1 aliphatic rings. The average molecular weight is 407 g/mol. The summed E-state index contributed by atoms with van der Waals surface area (Å²) >= 11 is 12.1. The van der Waals surface area contributed by atoms with E-state index in [1.54, 1.807) is 18.2 Å². The summed E-state index contributed by atoms with van der Waals surface area (Å²) in [5.74, 6) is -0.594. The first-order valence-corrected chi connectivity index (χ1v) is 9.28. The quantitative estimate of drug-likeness (QED) is 0.614. The molecule has 0 aromatic heterocycles. The number of halogens is 2. The van der Waals surface area contributed by atoms with Gasteiger partial charge in [0.1, 0.15) is 6.04 Å². The number of anilines is 1. The number of aryl methyl sites for hydroxylation is 1. The number of hydrogen-bond acceptors (Lipinski definition) is 4. The van der Waals surface area contributed by atoms with Crippen molar-refractivity contribution in [2.75, 3.05) is 11.9 Å². The Morgan fingerprint density at radius 3 is 2.70 bits per heavy atom. The molecule has 2 aromatic rings. The Labute approximate surface area is 167 Å². The summed E-state index contributed by atoms with van der Waals surface area (Å²) in [6.45, 7) is 1.78. The molecule has 2 amide bonds. The van der Waals surface area contributed by atoms with Crippen molar-refractivity contribution in [1.29, 1.82) is 0 Å². The number of nitrogens with one attached hydrogen (secondary N) is 4. The molecule has 6 nitrogen and oxygen atoms in total. The predicted molar refractivity (Wildman–Crippen MR) is 107 cm³/mol. The van der Waals surface area contributed by atoms with Crippen molar-refractivity contribution < 1.29 is 9.59 Å². The van der Waals surface area contributed by atoms with Crippen LogP contribution >= 0.6 is 23.2 Å². The largest absolute Gasteiger partial charge is 0.346 e. The molecule has 3 rings (SSSR count). The third kappa shape index (κ3) is 5.20. The fourth-order valence-corrected chi connectivity index (χ4v) is 3.36. The lowest BCUT2D eigenvalue weighted by Gasteiger charge is -2.12. The van der Waals surface area contributed by atoms with Gasteiger partial charge in [-0.1, -0.05) is 41.4 Å². The summed E-state index contributed by atoms with van der Waals surface area (Å²) in [7, 11) is 0. The highest BCUT2D eigenvalue weighted by Gasteiger charge is 2.30. The number of rotatable bonds is 5. The lowest BCUT2D eigenvalue weighted by Crippen LogP contribution is -2.45. The molecule has 8 heteroatoms. The number of amides is 2. The van der Waals surface area contributed by atoms with Gasteiger partial charge in [0.2, 0.25) is 11.8 Å². The van der Waals surface area contributed by atoms with E-state index in [2.05, 4.69) is 21.5 Å². The first-order chi connectivity index (χ1) is 12.9. The SMILES string of the molecule is Cc1ccc(NC(=O)CNC(=O)C2CC(c3cccc(Cl)c3)NN2)c(Cl)c1. The second kappa shape index (κ2) is 8.71. The molecular formula is C19H20Cl2N4O2. The molecule has 0 aliphatic carbocycles. The summed E-state index contributed by atoms with van der Waals surface area (Å²) in [6.07, 6.45) is 0.553. The highest BCUT2D eigenvalue weighted by atomic mass is 35.5. The van der Waals surface area contributed by atoms with Crippen LogP contribution in [0.3, 0.4) is 0 Å². The number of carbonyl (C=O) groups excluding carboxylic acids is 2. The second-order valence-electron chi connectivity index (χ2n) is 6.43. The number of benzene rings is 2. The lowest BCUT2D eigenvalue weighted by molar-refractivity contribution is -0.125. The molecule has 0 saturated carbocycles. The van der Waals surface area contributed by atoms with Crippen LogP contribution in [0.4, 0.5) is 5.69 Å². The molecular weight excluding hydrogens is 387 g/mol. The van der Waals surface area contributed by atoms with Crippen molar-refractivity contribution in [3.05, 3.63) is 63.6 Å². The fraction of sp³-hybridized carbons (Fsp3) is 0.263. The topological polar surface area (TPSA) is 82.3 Å². The molecule has 2 atom stereocenters. The predicted octanol–water partition coefficient (Wildman–Crippen LogP) is 2.96. The molecule has 142 valence electrons. The summed E-state index contributed by atoms with van der Waals surface area (Å²) in [4.78, 5) is 24.4. The number of hydrazine groups is 1. The molecule has 1 saturated heterocycles. The Bertz CT molecular complexity index is 859. The van der Waals surface area contributed by atoms with E-state index in [0.29, 0.717) is 22.2 Å². The molecule has 0 spiro atoms. The summed E-state index contributed by atoms with van der Waals surface area (Å²) in [5.41, 5.74) is 8.55. The minimum absolute atomic E-state index is 0.0281.